The van der Waals surface area contributed by atoms with Crippen molar-refractivity contribution in [3.05, 3.63) is 33.8 Å². The third-order valence-electron chi connectivity index (χ3n) is 3.74. The fourth-order valence-electron chi connectivity index (χ4n) is 2.32. The molecule has 5 nitrogen and oxygen atoms in total. The first kappa shape index (κ1) is 16.4. The summed E-state index contributed by atoms with van der Waals surface area (Å²) >= 11 is 3.49. The molecule has 1 heterocycles. The monoisotopic (exact) mass is 357 g/mol. The molecule has 116 valence electrons. The minimum Gasteiger partial charge on any atom is -0.465 e. The standard InChI is InChI=1S/C15H20BrNO4/c1-19-14(18)11-3-4-12(13(16)7-11)8-17-9-15(20-2)5-6-21-10-15/h3-4,7,17H,5-6,8-10H2,1-2H3. The van der Waals surface area contributed by atoms with E-state index in [-0.39, 0.29) is 11.6 Å². The predicted molar refractivity (Wildman–Crippen MR) is 82.4 cm³/mol. The average Bonchev–Trinajstić information content (AvgIpc) is 2.97. The van der Waals surface area contributed by atoms with Gasteiger partial charge in [0.2, 0.25) is 0 Å². The van der Waals surface area contributed by atoms with E-state index < -0.39 is 0 Å². The fraction of sp³-hybridized carbons (Fsp3) is 0.533. The first-order chi connectivity index (χ1) is 10.1. The van der Waals surface area contributed by atoms with Crippen LogP contribution < -0.4 is 5.32 Å². The van der Waals surface area contributed by atoms with Crippen LogP contribution in [0.1, 0.15) is 22.3 Å². The molecule has 0 aromatic heterocycles. The molecule has 1 aromatic rings. The maximum Gasteiger partial charge on any atom is 0.337 e. The molecule has 1 aromatic carbocycles. The van der Waals surface area contributed by atoms with Gasteiger partial charge in [0, 0.05) is 37.7 Å². The zero-order valence-electron chi connectivity index (χ0n) is 12.3. The number of hydrogen-bond acceptors (Lipinski definition) is 5. The van der Waals surface area contributed by atoms with E-state index in [2.05, 4.69) is 21.2 Å². The van der Waals surface area contributed by atoms with Crippen LogP contribution in [0.15, 0.2) is 22.7 Å². The molecule has 1 atom stereocenters. The van der Waals surface area contributed by atoms with Crippen LogP contribution in [0.3, 0.4) is 0 Å². The normalized spacial score (nSPS) is 21.5. The lowest BCUT2D eigenvalue weighted by molar-refractivity contribution is -0.0159. The molecule has 0 radical (unpaired) electrons. The molecule has 1 unspecified atom stereocenters. The molecule has 0 aliphatic carbocycles. The smallest absolute Gasteiger partial charge is 0.337 e. The third-order valence-corrected chi connectivity index (χ3v) is 4.48. The number of rotatable bonds is 6. The van der Waals surface area contributed by atoms with Crippen molar-refractivity contribution in [3.8, 4) is 0 Å². The van der Waals surface area contributed by atoms with Gasteiger partial charge in [-0.15, -0.1) is 0 Å². The van der Waals surface area contributed by atoms with Crippen LogP contribution >= 0.6 is 15.9 Å². The second-order valence-electron chi connectivity index (χ2n) is 5.09. The molecular weight excluding hydrogens is 338 g/mol. The van der Waals surface area contributed by atoms with Crippen molar-refractivity contribution in [2.75, 3.05) is 34.0 Å². The summed E-state index contributed by atoms with van der Waals surface area (Å²) in [6, 6.07) is 5.44. The highest BCUT2D eigenvalue weighted by Crippen LogP contribution is 2.23. The summed E-state index contributed by atoms with van der Waals surface area (Å²) in [5.41, 5.74) is 1.39. The van der Waals surface area contributed by atoms with Crippen LogP contribution in [0.4, 0.5) is 0 Å². The van der Waals surface area contributed by atoms with Crippen LogP contribution in [0.2, 0.25) is 0 Å². The molecule has 1 saturated heterocycles. The van der Waals surface area contributed by atoms with Gasteiger partial charge in [-0.3, -0.25) is 0 Å². The van der Waals surface area contributed by atoms with Crippen molar-refractivity contribution in [1.82, 2.24) is 5.32 Å². The Morgan fingerprint density at radius 3 is 2.86 bits per heavy atom. The number of carbonyl (C=O) groups is 1. The maximum absolute atomic E-state index is 11.5. The minimum absolute atomic E-state index is 0.224. The quantitative estimate of drug-likeness (QED) is 0.790. The Morgan fingerprint density at radius 2 is 2.29 bits per heavy atom. The topological polar surface area (TPSA) is 56.8 Å². The molecule has 0 amide bonds. The third kappa shape index (κ3) is 4.03. The highest BCUT2D eigenvalue weighted by atomic mass is 79.9. The van der Waals surface area contributed by atoms with Crippen LogP contribution in [0.25, 0.3) is 0 Å². The first-order valence-electron chi connectivity index (χ1n) is 6.80. The highest BCUT2D eigenvalue weighted by Gasteiger charge is 2.34. The number of carbonyl (C=O) groups excluding carboxylic acids is 1. The lowest BCUT2D eigenvalue weighted by Gasteiger charge is -2.26. The maximum atomic E-state index is 11.5. The molecule has 1 aliphatic rings. The Kier molecular flexibility index (Phi) is 5.75. The molecule has 1 aliphatic heterocycles. The number of esters is 1. The highest BCUT2D eigenvalue weighted by molar-refractivity contribution is 9.10. The van der Waals surface area contributed by atoms with E-state index in [0.29, 0.717) is 18.7 Å². The predicted octanol–water partition coefficient (Wildman–Crippen LogP) is 2.13. The Balaban J connectivity index is 1.93. The van der Waals surface area contributed by atoms with Crippen LogP contribution in [0.5, 0.6) is 0 Å². The van der Waals surface area contributed by atoms with Crippen LogP contribution in [-0.2, 0) is 20.8 Å². The largest absolute Gasteiger partial charge is 0.465 e. The average molecular weight is 358 g/mol. The molecule has 0 bridgehead atoms. The van der Waals surface area contributed by atoms with Gasteiger partial charge in [0.15, 0.2) is 0 Å². The van der Waals surface area contributed by atoms with Gasteiger partial charge in [0.1, 0.15) is 5.60 Å². The van der Waals surface area contributed by atoms with Gasteiger partial charge >= 0.3 is 5.97 Å². The SMILES string of the molecule is COC(=O)c1ccc(CNCC2(OC)CCOC2)c(Br)c1. The molecule has 2 rings (SSSR count). The zero-order valence-corrected chi connectivity index (χ0v) is 13.9. The number of ether oxygens (including phenoxy) is 3. The van der Waals surface area contributed by atoms with Gasteiger partial charge in [-0.2, -0.15) is 0 Å². The fourth-order valence-corrected chi connectivity index (χ4v) is 2.84. The van der Waals surface area contributed by atoms with Crippen molar-refractivity contribution in [3.63, 3.8) is 0 Å². The second kappa shape index (κ2) is 7.35. The summed E-state index contributed by atoms with van der Waals surface area (Å²) in [7, 11) is 3.09. The second-order valence-corrected chi connectivity index (χ2v) is 5.95. The molecule has 21 heavy (non-hydrogen) atoms. The molecule has 1 N–H and O–H groups in total. The van der Waals surface area contributed by atoms with E-state index in [1.54, 1.807) is 19.2 Å². The van der Waals surface area contributed by atoms with Gasteiger partial charge in [0.05, 0.1) is 19.3 Å². The lowest BCUT2D eigenvalue weighted by atomic mass is 10.0. The lowest BCUT2D eigenvalue weighted by Crippen LogP contribution is -2.42. The van der Waals surface area contributed by atoms with Crippen molar-refractivity contribution < 1.29 is 19.0 Å². The van der Waals surface area contributed by atoms with Crippen LogP contribution in [-0.4, -0.2) is 45.5 Å². The number of halogens is 1. The molecule has 0 saturated carbocycles. The van der Waals surface area contributed by atoms with E-state index in [0.717, 1.165) is 29.6 Å². The number of benzene rings is 1. The summed E-state index contributed by atoms with van der Waals surface area (Å²) in [6.07, 6.45) is 0.902. The van der Waals surface area contributed by atoms with Crippen molar-refractivity contribution in [1.29, 1.82) is 0 Å². The molecular formula is C15H20BrNO4. The van der Waals surface area contributed by atoms with E-state index in [1.165, 1.54) is 7.11 Å². The summed E-state index contributed by atoms with van der Waals surface area (Å²) in [5.74, 6) is -0.336. The first-order valence-corrected chi connectivity index (χ1v) is 7.60. The van der Waals surface area contributed by atoms with Gasteiger partial charge < -0.3 is 19.5 Å². The Bertz CT molecular complexity index is 500. The van der Waals surface area contributed by atoms with E-state index in [9.17, 15) is 4.79 Å². The van der Waals surface area contributed by atoms with Crippen LogP contribution in [0, 0.1) is 0 Å². The van der Waals surface area contributed by atoms with E-state index in [1.807, 2.05) is 6.07 Å². The Labute approximate surface area is 133 Å². The van der Waals surface area contributed by atoms with Crippen molar-refractivity contribution in [2.45, 2.75) is 18.6 Å². The van der Waals surface area contributed by atoms with Gasteiger partial charge in [0.25, 0.3) is 0 Å². The number of hydrogen-bond donors (Lipinski definition) is 1. The van der Waals surface area contributed by atoms with E-state index in [4.69, 9.17) is 14.2 Å². The molecule has 0 spiro atoms. The summed E-state index contributed by atoms with van der Waals surface area (Å²) in [4.78, 5) is 11.5. The Morgan fingerprint density at radius 1 is 1.48 bits per heavy atom. The molecule has 6 heteroatoms. The number of nitrogens with one attached hydrogen (secondary N) is 1. The molecule has 1 fully saturated rings. The summed E-state index contributed by atoms with van der Waals surface area (Å²) < 4.78 is 16.6. The van der Waals surface area contributed by atoms with E-state index >= 15 is 0 Å². The zero-order chi connectivity index (χ0) is 15.3. The van der Waals surface area contributed by atoms with Crippen molar-refractivity contribution in [2.24, 2.45) is 0 Å². The minimum atomic E-state index is -0.336. The summed E-state index contributed by atoms with van der Waals surface area (Å²) in [5, 5.41) is 3.39. The van der Waals surface area contributed by atoms with Gasteiger partial charge in [-0.1, -0.05) is 22.0 Å². The number of methoxy groups -OCH3 is 2. The van der Waals surface area contributed by atoms with Crippen molar-refractivity contribution >= 4 is 21.9 Å². The summed E-state index contributed by atoms with van der Waals surface area (Å²) in [6.45, 7) is 2.79. The van der Waals surface area contributed by atoms with Gasteiger partial charge in [-0.05, 0) is 17.7 Å². The van der Waals surface area contributed by atoms with Gasteiger partial charge in [-0.25, -0.2) is 4.79 Å². The Hall–Kier alpha value is -0.950.